The molecular formula is C20H32IN7S. The molecule has 1 fully saturated rings. The number of nitrogens with zero attached hydrogens (tertiary/aromatic N) is 5. The highest BCUT2D eigenvalue weighted by Crippen LogP contribution is 2.14. The van der Waals surface area contributed by atoms with Crippen LogP contribution in [0.4, 0.5) is 5.82 Å². The van der Waals surface area contributed by atoms with Gasteiger partial charge in [0.25, 0.3) is 0 Å². The number of thiazole rings is 1. The molecule has 0 bridgehead atoms. The summed E-state index contributed by atoms with van der Waals surface area (Å²) in [6, 6.07) is 4.24. The summed E-state index contributed by atoms with van der Waals surface area (Å²) in [5, 5.41) is 7.74. The Labute approximate surface area is 195 Å². The van der Waals surface area contributed by atoms with Crippen LogP contribution in [0.1, 0.15) is 29.3 Å². The molecule has 0 atom stereocenters. The van der Waals surface area contributed by atoms with Crippen molar-refractivity contribution in [1.82, 2.24) is 25.5 Å². The van der Waals surface area contributed by atoms with E-state index >= 15 is 0 Å². The number of halogens is 1. The van der Waals surface area contributed by atoms with E-state index in [4.69, 9.17) is 0 Å². The minimum atomic E-state index is 0. The summed E-state index contributed by atoms with van der Waals surface area (Å²) in [5.41, 5.74) is 1.11. The number of piperazine rings is 1. The van der Waals surface area contributed by atoms with Gasteiger partial charge in [0, 0.05) is 50.0 Å². The Hall–Kier alpha value is -1.46. The summed E-state index contributed by atoms with van der Waals surface area (Å²) in [5.74, 6) is 1.86. The Morgan fingerprint density at radius 3 is 2.52 bits per heavy atom. The second-order valence-corrected chi connectivity index (χ2v) is 8.14. The summed E-state index contributed by atoms with van der Waals surface area (Å²) < 4.78 is 0. The molecule has 3 heterocycles. The monoisotopic (exact) mass is 529 g/mol. The molecule has 160 valence electrons. The van der Waals surface area contributed by atoms with Crippen molar-refractivity contribution in [3.63, 3.8) is 0 Å². The van der Waals surface area contributed by atoms with Crippen LogP contribution in [0.3, 0.4) is 0 Å². The number of aromatic nitrogens is 2. The number of hydrogen-bond donors (Lipinski definition) is 2. The van der Waals surface area contributed by atoms with E-state index in [-0.39, 0.29) is 24.0 Å². The summed E-state index contributed by atoms with van der Waals surface area (Å²) in [6.45, 7) is 10.6. The van der Waals surface area contributed by atoms with Crippen molar-refractivity contribution >= 4 is 47.1 Å². The molecule has 2 aromatic rings. The number of guanidine groups is 1. The Kier molecular flexibility index (Phi) is 10.1. The first-order valence-electron chi connectivity index (χ1n) is 10.0. The van der Waals surface area contributed by atoms with Gasteiger partial charge >= 0.3 is 0 Å². The molecule has 3 rings (SSSR count). The molecule has 0 spiro atoms. The fourth-order valence-electron chi connectivity index (χ4n) is 3.00. The second-order valence-electron chi connectivity index (χ2n) is 6.94. The van der Waals surface area contributed by atoms with Crippen molar-refractivity contribution in [1.29, 1.82) is 0 Å². The molecule has 0 amide bonds. The van der Waals surface area contributed by atoms with Crippen molar-refractivity contribution in [2.45, 2.75) is 33.4 Å². The molecule has 29 heavy (non-hydrogen) atoms. The maximum absolute atomic E-state index is 4.69. The van der Waals surface area contributed by atoms with Gasteiger partial charge in [-0.1, -0.05) is 13.0 Å². The normalized spacial score (nSPS) is 15.1. The molecule has 0 saturated carbocycles. The van der Waals surface area contributed by atoms with Crippen molar-refractivity contribution in [3.8, 4) is 0 Å². The highest BCUT2D eigenvalue weighted by Gasteiger charge is 2.14. The predicted octanol–water partition coefficient (Wildman–Crippen LogP) is 2.73. The van der Waals surface area contributed by atoms with Crippen molar-refractivity contribution in [2.24, 2.45) is 4.99 Å². The van der Waals surface area contributed by atoms with Gasteiger partial charge in [0.1, 0.15) is 10.8 Å². The van der Waals surface area contributed by atoms with Gasteiger partial charge < -0.3 is 20.4 Å². The molecule has 0 radical (unpaired) electrons. The number of aryl methyl sites for hydroxylation is 1. The molecule has 1 aliphatic rings. The first kappa shape index (κ1) is 23.8. The molecule has 0 unspecified atom stereocenters. The molecule has 1 aliphatic heterocycles. The average molecular weight is 529 g/mol. The van der Waals surface area contributed by atoms with Crippen LogP contribution in [-0.4, -0.2) is 60.6 Å². The van der Waals surface area contributed by atoms with Gasteiger partial charge in [-0.25, -0.2) is 15.0 Å². The van der Waals surface area contributed by atoms with Crippen molar-refractivity contribution in [2.75, 3.05) is 44.7 Å². The third kappa shape index (κ3) is 7.38. The lowest BCUT2D eigenvalue weighted by molar-refractivity contribution is 0.312. The minimum absolute atomic E-state index is 0. The van der Waals surface area contributed by atoms with E-state index < -0.39 is 0 Å². The number of aliphatic imine (C=N–C) groups is 1. The second kappa shape index (κ2) is 12.3. The summed E-state index contributed by atoms with van der Waals surface area (Å²) in [7, 11) is 2.17. The van der Waals surface area contributed by atoms with Crippen LogP contribution in [0.25, 0.3) is 0 Å². The van der Waals surface area contributed by atoms with Crippen LogP contribution in [0, 0.1) is 0 Å². The fraction of sp³-hybridized carbons (Fsp3) is 0.550. The zero-order chi connectivity index (χ0) is 19.8. The molecule has 1 saturated heterocycles. The Balaban J connectivity index is 0.00000300. The fourth-order valence-corrected chi connectivity index (χ4v) is 3.80. The average Bonchev–Trinajstić information content (AvgIpc) is 3.19. The molecule has 7 nitrogen and oxygen atoms in total. The molecule has 9 heteroatoms. The number of hydrogen-bond acceptors (Lipinski definition) is 6. The van der Waals surface area contributed by atoms with Gasteiger partial charge in [0.15, 0.2) is 5.96 Å². The molecule has 0 aromatic carbocycles. The summed E-state index contributed by atoms with van der Waals surface area (Å²) in [6.07, 6.45) is 4.93. The zero-order valence-corrected chi connectivity index (χ0v) is 20.7. The topological polar surface area (TPSA) is 68.7 Å². The van der Waals surface area contributed by atoms with Gasteiger partial charge in [0.2, 0.25) is 0 Å². The van der Waals surface area contributed by atoms with E-state index in [1.165, 1.54) is 4.88 Å². The van der Waals surface area contributed by atoms with Crippen LogP contribution in [0.2, 0.25) is 0 Å². The summed E-state index contributed by atoms with van der Waals surface area (Å²) in [4.78, 5) is 19.8. The largest absolute Gasteiger partial charge is 0.357 e. The Bertz CT molecular complexity index is 754. The minimum Gasteiger partial charge on any atom is -0.357 e. The molecular weight excluding hydrogens is 497 g/mol. The standard InChI is InChI=1S/C20H31N7S.HI/c1-4-17-14-23-19(28-17)15-25-20(21-5-2)24-13-16-6-7-18(22-12-16)27-10-8-26(3)9-11-27;/h6-7,12,14H,4-5,8-11,13,15H2,1-3H3,(H2,21,24,25);1H. The number of rotatable bonds is 7. The van der Waals surface area contributed by atoms with Crippen LogP contribution in [-0.2, 0) is 19.5 Å². The first-order valence-corrected chi connectivity index (χ1v) is 10.8. The molecule has 2 aromatic heterocycles. The van der Waals surface area contributed by atoms with E-state index in [1.54, 1.807) is 11.3 Å². The van der Waals surface area contributed by atoms with Gasteiger partial charge in [-0.2, -0.15) is 0 Å². The van der Waals surface area contributed by atoms with Gasteiger partial charge in [-0.3, -0.25) is 0 Å². The van der Waals surface area contributed by atoms with Crippen molar-refractivity contribution in [3.05, 3.63) is 40.0 Å². The highest BCUT2D eigenvalue weighted by molar-refractivity contribution is 14.0. The number of likely N-dealkylation sites (N-methyl/N-ethyl adjacent to an activating group) is 1. The maximum Gasteiger partial charge on any atom is 0.191 e. The van der Waals surface area contributed by atoms with Gasteiger partial charge in [-0.05, 0) is 32.0 Å². The van der Waals surface area contributed by atoms with Crippen LogP contribution < -0.4 is 15.5 Å². The summed E-state index contributed by atoms with van der Waals surface area (Å²) >= 11 is 1.75. The van der Waals surface area contributed by atoms with E-state index in [2.05, 4.69) is 68.4 Å². The zero-order valence-electron chi connectivity index (χ0n) is 17.5. The molecule has 0 aliphatic carbocycles. The van der Waals surface area contributed by atoms with Crippen molar-refractivity contribution < 1.29 is 0 Å². The van der Waals surface area contributed by atoms with Crippen LogP contribution in [0.5, 0.6) is 0 Å². The lowest BCUT2D eigenvalue weighted by Gasteiger charge is -2.33. The Morgan fingerprint density at radius 2 is 1.90 bits per heavy atom. The quantitative estimate of drug-likeness (QED) is 0.327. The lowest BCUT2D eigenvalue weighted by atomic mass is 10.2. The smallest absolute Gasteiger partial charge is 0.191 e. The van der Waals surface area contributed by atoms with E-state index in [1.807, 2.05) is 12.4 Å². The number of nitrogens with one attached hydrogen (secondary N) is 2. The van der Waals surface area contributed by atoms with Crippen LogP contribution in [0.15, 0.2) is 29.5 Å². The van der Waals surface area contributed by atoms with E-state index in [0.29, 0.717) is 13.1 Å². The highest BCUT2D eigenvalue weighted by atomic mass is 127. The molecule has 2 N–H and O–H groups in total. The lowest BCUT2D eigenvalue weighted by Crippen LogP contribution is -2.44. The third-order valence-corrected chi connectivity index (χ3v) is 5.90. The number of pyridine rings is 1. The first-order chi connectivity index (χ1) is 13.7. The van der Waals surface area contributed by atoms with Gasteiger partial charge in [-0.15, -0.1) is 35.3 Å². The van der Waals surface area contributed by atoms with E-state index in [9.17, 15) is 0 Å². The maximum atomic E-state index is 4.69. The van der Waals surface area contributed by atoms with Crippen LogP contribution >= 0.6 is 35.3 Å². The van der Waals surface area contributed by atoms with Gasteiger partial charge in [0.05, 0.1) is 13.1 Å². The third-order valence-electron chi connectivity index (χ3n) is 4.76. The predicted molar refractivity (Wildman–Crippen MR) is 133 cm³/mol. The Morgan fingerprint density at radius 1 is 1.10 bits per heavy atom. The SMILES string of the molecule is CCNC(=NCc1ccc(N2CCN(C)CC2)nc1)NCc1ncc(CC)s1.I. The number of anilines is 1. The van der Waals surface area contributed by atoms with E-state index in [0.717, 1.165) is 61.5 Å².